The Hall–Kier alpha value is -2.08. The lowest BCUT2D eigenvalue weighted by molar-refractivity contribution is 0.397. The Kier molecular flexibility index (Phi) is 6.40. The van der Waals surface area contributed by atoms with E-state index in [1.54, 1.807) is 20.4 Å². The fourth-order valence-corrected chi connectivity index (χ4v) is 2.57. The highest BCUT2D eigenvalue weighted by molar-refractivity contribution is 9.10. The fraction of sp³-hybridized carbons (Fsp3) is 0.294. The van der Waals surface area contributed by atoms with E-state index in [9.17, 15) is 0 Å². The summed E-state index contributed by atoms with van der Waals surface area (Å²) in [5.41, 5.74) is 2.28. The third kappa shape index (κ3) is 4.96. The number of hydrogen-bond donors (Lipinski definition) is 1. The number of ether oxygens (including phenoxy) is 1. The molecule has 1 aromatic heterocycles. The van der Waals surface area contributed by atoms with E-state index >= 15 is 0 Å². The van der Waals surface area contributed by atoms with Crippen molar-refractivity contribution in [1.82, 2.24) is 15.2 Å². The highest BCUT2D eigenvalue weighted by Crippen LogP contribution is 2.17. The van der Waals surface area contributed by atoms with Crippen LogP contribution in [0.25, 0.3) is 0 Å². The summed E-state index contributed by atoms with van der Waals surface area (Å²) in [6.07, 6.45) is 1.80. The zero-order valence-electron chi connectivity index (χ0n) is 13.6. The van der Waals surface area contributed by atoms with Crippen LogP contribution in [-0.4, -0.2) is 37.0 Å². The summed E-state index contributed by atoms with van der Waals surface area (Å²) in [7, 11) is 5.41. The van der Waals surface area contributed by atoms with Gasteiger partial charge in [-0.25, -0.2) is 4.98 Å². The predicted molar refractivity (Wildman–Crippen MR) is 96.6 cm³/mol. The molecule has 0 fully saturated rings. The Morgan fingerprint density at radius 3 is 2.70 bits per heavy atom. The average Bonchev–Trinajstić information content (AvgIpc) is 2.58. The number of nitrogens with zero attached hydrogens (tertiary/aromatic N) is 3. The molecule has 0 amide bonds. The molecule has 2 aromatic rings. The van der Waals surface area contributed by atoms with Gasteiger partial charge in [-0.1, -0.05) is 40.2 Å². The molecule has 0 aliphatic heterocycles. The number of rotatable bonds is 5. The van der Waals surface area contributed by atoms with Crippen LogP contribution < -0.4 is 10.1 Å². The second-order valence-corrected chi connectivity index (χ2v) is 5.91. The van der Waals surface area contributed by atoms with Crippen molar-refractivity contribution in [3.8, 4) is 5.88 Å². The normalized spacial score (nSPS) is 11.2. The van der Waals surface area contributed by atoms with Crippen LogP contribution in [0.2, 0.25) is 0 Å². The van der Waals surface area contributed by atoms with E-state index in [4.69, 9.17) is 4.74 Å². The van der Waals surface area contributed by atoms with Crippen molar-refractivity contribution in [2.75, 3.05) is 21.2 Å². The Morgan fingerprint density at radius 1 is 1.30 bits per heavy atom. The summed E-state index contributed by atoms with van der Waals surface area (Å²) in [4.78, 5) is 10.6. The van der Waals surface area contributed by atoms with Gasteiger partial charge in [0.25, 0.3) is 0 Å². The maximum absolute atomic E-state index is 5.06. The topological polar surface area (TPSA) is 49.8 Å². The van der Waals surface area contributed by atoms with Crippen LogP contribution in [0.15, 0.2) is 52.1 Å². The van der Waals surface area contributed by atoms with E-state index in [1.165, 1.54) is 5.56 Å². The second-order valence-electron chi connectivity index (χ2n) is 5.06. The zero-order valence-corrected chi connectivity index (χ0v) is 15.2. The van der Waals surface area contributed by atoms with Crippen LogP contribution in [0.4, 0.5) is 0 Å². The summed E-state index contributed by atoms with van der Waals surface area (Å²) in [5, 5.41) is 3.34. The van der Waals surface area contributed by atoms with E-state index < -0.39 is 0 Å². The molecule has 0 radical (unpaired) electrons. The first-order chi connectivity index (χ1) is 11.1. The molecule has 1 aromatic carbocycles. The van der Waals surface area contributed by atoms with Crippen molar-refractivity contribution in [2.24, 2.45) is 4.99 Å². The predicted octanol–water partition coefficient (Wildman–Crippen LogP) is 3.06. The maximum atomic E-state index is 5.06. The first-order valence-corrected chi connectivity index (χ1v) is 8.07. The van der Waals surface area contributed by atoms with Gasteiger partial charge in [-0.15, -0.1) is 0 Å². The molecule has 0 atom stereocenters. The van der Waals surface area contributed by atoms with E-state index in [0.717, 1.165) is 22.5 Å². The lowest BCUT2D eigenvalue weighted by Gasteiger charge is -2.22. The van der Waals surface area contributed by atoms with E-state index in [1.807, 2.05) is 37.4 Å². The molecular formula is C17H21BrN4O. The van der Waals surface area contributed by atoms with Gasteiger partial charge in [-0.2, -0.15) is 0 Å². The van der Waals surface area contributed by atoms with E-state index in [-0.39, 0.29) is 0 Å². The summed E-state index contributed by atoms with van der Waals surface area (Å²) < 4.78 is 6.16. The Bertz CT molecular complexity index is 658. The van der Waals surface area contributed by atoms with Gasteiger partial charge in [0.15, 0.2) is 5.96 Å². The van der Waals surface area contributed by atoms with Gasteiger partial charge in [0.2, 0.25) is 5.88 Å². The van der Waals surface area contributed by atoms with E-state index in [2.05, 4.69) is 42.2 Å². The number of methoxy groups -OCH3 is 1. The van der Waals surface area contributed by atoms with Crippen LogP contribution in [0.3, 0.4) is 0 Å². The molecule has 0 unspecified atom stereocenters. The average molecular weight is 377 g/mol. The smallest absolute Gasteiger partial charge is 0.212 e. The number of benzene rings is 1. The Labute approximate surface area is 145 Å². The lowest BCUT2D eigenvalue weighted by Crippen LogP contribution is -2.38. The third-order valence-electron chi connectivity index (χ3n) is 3.40. The molecule has 1 heterocycles. The Morgan fingerprint density at radius 2 is 2.09 bits per heavy atom. The van der Waals surface area contributed by atoms with Gasteiger partial charge in [-0.05, 0) is 17.2 Å². The standard InChI is InChI=1S/C17H21BrN4O/c1-19-17(21-11-13-8-9-16(23-3)20-10-13)22(2)12-14-6-4-5-7-15(14)18/h4-10H,11-12H2,1-3H3,(H,19,21). The molecule has 23 heavy (non-hydrogen) atoms. The first kappa shape index (κ1) is 17.3. The minimum absolute atomic E-state index is 0.615. The molecule has 0 bridgehead atoms. The quantitative estimate of drug-likeness (QED) is 0.643. The zero-order chi connectivity index (χ0) is 16.7. The lowest BCUT2D eigenvalue weighted by atomic mass is 10.2. The summed E-state index contributed by atoms with van der Waals surface area (Å²) in [6.45, 7) is 1.42. The fourth-order valence-electron chi connectivity index (χ4n) is 2.16. The van der Waals surface area contributed by atoms with Gasteiger partial charge in [-0.3, -0.25) is 4.99 Å². The minimum atomic E-state index is 0.615. The summed E-state index contributed by atoms with van der Waals surface area (Å²) >= 11 is 3.58. The van der Waals surface area contributed by atoms with Crippen LogP contribution in [-0.2, 0) is 13.1 Å². The highest BCUT2D eigenvalue weighted by atomic mass is 79.9. The molecule has 5 nitrogen and oxygen atoms in total. The maximum Gasteiger partial charge on any atom is 0.212 e. The third-order valence-corrected chi connectivity index (χ3v) is 4.17. The van der Waals surface area contributed by atoms with Gasteiger partial charge in [0.05, 0.1) is 7.11 Å². The van der Waals surface area contributed by atoms with Crippen molar-refractivity contribution in [2.45, 2.75) is 13.1 Å². The number of halogens is 1. The Balaban J connectivity index is 1.95. The molecule has 122 valence electrons. The van der Waals surface area contributed by atoms with Crippen LogP contribution in [0.5, 0.6) is 5.88 Å². The highest BCUT2D eigenvalue weighted by Gasteiger charge is 2.08. The molecule has 1 N–H and O–H groups in total. The van der Waals surface area contributed by atoms with Crippen molar-refractivity contribution >= 4 is 21.9 Å². The van der Waals surface area contributed by atoms with Gasteiger partial charge < -0.3 is 15.0 Å². The molecule has 0 aliphatic carbocycles. The van der Waals surface area contributed by atoms with Crippen LogP contribution in [0, 0.1) is 0 Å². The molecule has 0 spiro atoms. The number of nitrogens with one attached hydrogen (secondary N) is 1. The largest absolute Gasteiger partial charge is 0.481 e. The minimum Gasteiger partial charge on any atom is -0.481 e. The number of pyridine rings is 1. The van der Waals surface area contributed by atoms with Crippen molar-refractivity contribution in [3.05, 3.63) is 58.2 Å². The second kappa shape index (κ2) is 8.53. The van der Waals surface area contributed by atoms with Crippen LogP contribution in [0.1, 0.15) is 11.1 Å². The molecule has 0 saturated heterocycles. The van der Waals surface area contributed by atoms with Gasteiger partial charge >= 0.3 is 0 Å². The van der Waals surface area contributed by atoms with Crippen molar-refractivity contribution in [3.63, 3.8) is 0 Å². The SMILES string of the molecule is CN=C(NCc1ccc(OC)nc1)N(C)Cc1ccccc1Br. The molecule has 6 heteroatoms. The first-order valence-electron chi connectivity index (χ1n) is 7.28. The number of aliphatic imine (C=N–C) groups is 1. The van der Waals surface area contributed by atoms with Crippen molar-refractivity contribution in [1.29, 1.82) is 0 Å². The summed E-state index contributed by atoms with van der Waals surface area (Å²) in [5.74, 6) is 1.45. The monoisotopic (exact) mass is 376 g/mol. The van der Waals surface area contributed by atoms with Crippen molar-refractivity contribution < 1.29 is 4.74 Å². The summed E-state index contributed by atoms with van der Waals surface area (Å²) in [6, 6.07) is 12.0. The molecule has 0 saturated carbocycles. The number of guanidine groups is 1. The molecule has 0 aliphatic rings. The van der Waals surface area contributed by atoms with E-state index in [0.29, 0.717) is 12.4 Å². The molecule has 2 rings (SSSR count). The van der Waals surface area contributed by atoms with Gasteiger partial charge in [0.1, 0.15) is 0 Å². The molecular weight excluding hydrogens is 356 g/mol. The van der Waals surface area contributed by atoms with Gasteiger partial charge in [0, 0.05) is 43.9 Å². The van der Waals surface area contributed by atoms with Crippen LogP contribution >= 0.6 is 15.9 Å². The number of aromatic nitrogens is 1. The number of hydrogen-bond acceptors (Lipinski definition) is 3.